The molecule has 0 aliphatic carbocycles. The van der Waals surface area contributed by atoms with Gasteiger partial charge in [-0.15, -0.1) is 0 Å². The highest BCUT2D eigenvalue weighted by Gasteiger charge is 2.05. The fourth-order valence-corrected chi connectivity index (χ4v) is 1.15. The van der Waals surface area contributed by atoms with E-state index >= 15 is 0 Å². The van der Waals surface area contributed by atoms with Crippen LogP contribution in [0, 0.1) is 16.5 Å². The van der Waals surface area contributed by atoms with Gasteiger partial charge in [-0.1, -0.05) is 0 Å². The minimum Gasteiger partial charge on any atom is -0.397 e. The van der Waals surface area contributed by atoms with Crippen molar-refractivity contribution < 1.29 is 4.39 Å². The second kappa shape index (κ2) is 3.32. The first-order chi connectivity index (χ1) is 5.65. The molecule has 0 saturated carbocycles. The molecule has 0 bridgehead atoms. The van der Waals surface area contributed by atoms with E-state index in [0.717, 1.165) is 17.8 Å². The summed E-state index contributed by atoms with van der Waals surface area (Å²) >= 11 is 0.720. The third kappa shape index (κ3) is 1.60. The Bertz CT molecular complexity index is 345. The van der Waals surface area contributed by atoms with Gasteiger partial charge in [0.15, 0.2) is 0 Å². The van der Waals surface area contributed by atoms with E-state index in [9.17, 15) is 4.39 Å². The summed E-state index contributed by atoms with van der Waals surface area (Å²) in [6.45, 7) is 0. The normalized spacial score (nSPS) is 9.33. The first-order valence-electron chi connectivity index (χ1n) is 3.05. The maximum absolute atomic E-state index is 12.9. The second-order valence-corrected chi connectivity index (χ2v) is 2.93. The van der Waals surface area contributed by atoms with Gasteiger partial charge in [-0.2, -0.15) is 5.26 Å². The largest absolute Gasteiger partial charge is 0.397 e. The van der Waals surface area contributed by atoms with Crippen LogP contribution in [0.15, 0.2) is 17.0 Å². The zero-order valence-electron chi connectivity index (χ0n) is 6.04. The fraction of sp³-hybridized carbons (Fsp3) is 0. The van der Waals surface area contributed by atoms with Crippen LogP contribution in [0.4, 0.5) is 15.8 Å². The quantitative estimate of drug-likeness (QED) is 0.393. The monoisotopic (exact) mass is 183 g/mol. The molecule has 62 valence electrons. The molecule has 1 rings (SSSR count). The van der Waals surface area contributed by atoms with Crippen LogP contribution in [0.5, 0.6) is 0 Å². The number of hydrogen-bond acceptors (Lipinski definition) is 4. The predicted molar refractivity (Wildman–Crippen MR) is 46.7 cm³/mol. The Hall–Kier alpha value is -1.41. The SMILES string of the molecule is N#CSc1cc(N)c(N)cc1F. The van der Waals surface area contributed by atoms with Crippen molar-refractivity contribution in [1.29, 1.82) is 5.26 Å². The molecule has 3 nitrogen and oxygen atoms in total. The Balaban J connectivity index is 3.16. The number of rotatable bonds is 1. The number of anilines is 2. The summed E-state index contributed by atoms with van der Waals surface area (Å²) in [4.78, 5) is 0.198. The Labute approximate surface area is 73.2 Å². The number of thioether (sulfide) groups is 1. The number of nitriles is 1. The van der Waals surface area contributed by atoms with Crippen molar-refractivity contribution in [2.75, 3.05) is 11.5 Å². The molecule has 1 aromatic carbocycles. The summed E-state index contributed by atoms with van der Waals surface area (Å²) in [6, 6.07) is 2.45. The van der Waals surface area contributed by atoms with Crippen LogP contribution >= 0.6 is 11.8 Å². The van der Waals surface area contributed by atoms with Crippen LogP contribution in [-0.4, -0.2) is 0 Å². The Morgan fingerprint density at radius 2 is 1.92 bits per heavy atom. The summed E-state index contributed by atoms with van der Waals surface area (Å²) in [6.07, 6.45) is 0. The molecule has 0 atom stereocenters. The summed E-state index contributed by atoms with van der Waals surface area (Å²) in [5.41, 5.74) is 11.2. The topological polar surface area (TPSA) is 75.8 Å². The van der Waals surface area contributed by atoms with E-state index in [0.29, 0.717) is 0 Å². The third-order valence-electron chi connectivity index (χ3n) is 1.29. The predicted octanol–water partition coefficient (Wildman–Crippen LogP) is 1.56. The average molecular weight is 183 g/mol. The molecule has 0 aliphatic rings. The smallest absolute Gasteiger partial charge is 0.140 e. The lowest BCUT2D eigenvalue weighted by molar-refractivity contribution is 0.603. The summed E-state index contributed by atoms with van der Waals surface area (Å²) < 4.78 is 12.9. The van der Waals surface area contributed by atoms with E-state index in [-0.39, 0.29) is 16.3 Å². The molecule has 12 heavy (non-hydrogen) atoms. The number of nitrogen functional groups attached to an aromatic ring is 2. The summed E-state index contributed by atoms with van der Waals surface area (Å²) in [7, 11) is 0. The van der Waals surface area contributed by atoms with Crippen LogP contribution < -0.4 is 11.5 Å². The lowest BCUT2D eigenvalue weighted by Crippen LogP contribution is -1.96. The van der Waals surface area contributed by atoms with E-state index < -0.39 is 5.82 Å². The summed E-state index contributed by atoms with van der Waals surface area (Å²) in [5.74, 6) is -0.520. The average Bonchev–Trinajstić information content (AvgIpc) is 2.01. The van der Waals surface area contributed by atoms with Crippen LogP contribution in [0.1, 0.15) is 0 Å². The number of benzene rings is 1. The molecule has 0 aromatic heterocycles. The van der Waals surface area contributed by atoms with Crippen LogP contribution in [0.25, 0.3) is 0 Å². The molecule has 0 unspecified atom stereocenters. The van der Waals surface area contributed by atoms with Crippen molar-refractivity contribution in [2.45, 2.75) is 4.90 Å². The van der Waals surface area contributed by atoms with E-state index in [4.69, 9.17) is 16.7 Å². The minimum absolute atomic E-state index is 0.190. The van der Waals surface area contributed by atoms with Crippen molar-refractivity contribution >= 4 is 23.1 Å². The molecule has 0 fully saturated rings. The van der Waals surface area contributed by atoms with Gasteiger partial charge in [0, 0.05) is 6.07 Å². The van der Waals surface area contributed by atoms with Gasteiger partial charge in [0.05, 0.1) is 16.3 Å². The van der Waals surface area contributed by atoms with E-state index in [1.165, 1.54) is 6.07 Å². The molecule has 1 aromatic rings. The van der Waals surface area contributed by atoms with Gasteiger partial charge in [0.1, 0.15) is 11.2 Å². The molecule has 0 spiro atoms. The van der Waals surface area contributed by atoms with Crippen LogP contribution in [0.3, 0.4) is 0 Å². The van der Waals surface area contributed by atoms with Crippen molar-refractivity contribution in [1.82, 2.24) is 0 Å². The van der Waals surface area contributed by atoms with Crippen LogP contribution in [0.2, 0.25) is 0 Å². The highest BCUT2D eigenvalue weighted by atomic mass is 32.2. The first kappa shape index (κ1) is 8.68. The maximum Gasteiger partial charge on any atom is 0.140 e. The van der Waals surface area contributed by atoms with Gasteiger partial charge in [0.25, 0.3) is 0 Å². The van der Waals surface area contributed by atoms with Crippen molar-refractivity contribution in [3.8, 4) is 5.40 Å². The molecular weight excluding hydrogens is 177 g/mol. The molecule has 0 heterocycles. The Kier molecular flexibility index (Phi) is 2.41. The van der Waals surface area contributed by atoms with Gasteiger partial charge in [0.2, 0.25) is 0 Å². The van der Waals surface area contributed by atoms with Gasteiger partial charge >= 0.3 is 0 Å². The minimum atomic E-state index is -0.520. The molecule has 0 amide bonds. The number of hydrogen-bond donors (Lipinski definition) is 2. The van der Waals surface area contributed by atoms with Gasteiger partial charge in [-0.05, 0) is 17.8 Å². The summed E-state index contributed by atoms with van der Waals surface area (Å²) in [5, 5.41) is 10.0. The standard InChI is InChI=1S/C7H6FN3S/c8-4-1-5(10)6(11)2-7(4)12-3-9/h1-2H,10-11H2. The highest BCUT2D eigenvalue weighted by molar-refractivity contribution is 8.03. The number of nitrogens with two attached hydrogens (primary N) is 2. The zero-order valence-corrected chi connectivity index (χ0v) is 6.86. The highest BCUT2D eigenvalue weighted by Crippen LogP contribution is 2.26. The molecule has 5 heteroatoms. The van der Waals surface area contributed by atoms with Gasteiger partial charge in [-0.3, -0.25) is 0 Å². The first-order valence-corrected chi connectivity index (χ1v) is 3.87. The molecular formula is C7H6FN3S. The second-order valence-electron chi connectivity index (χ2n) is 2.10. The van der Waals surface area contributed by atoms with Crippen LogP contribution in [-0.2, 0) is 0 Å². The van der Waals surface area contributed by atoms with E-state index in [2.05, 4.69) is 0 Å². The third-order valence-corrected chi connectivity index (χ3v) is 1.92. The zero-order chi connectivity index (χ0) is 9.14. The Morgan fingerprint density at radius 3 is 2.50 bits per heavy atom. The lowest BCUT2D eigenvalue weighted by atomic mass is 10.3. The molecule has 0 saturated heterocycles. The van der Waals surface area contributed by atoms with Crippen molar-refractivity contribution in [2.24, 2.45) is 0 Å². The van der Waals surface area contributed by atoms with E-state index in [1.807, 2.05) is 0 Å². The fourth-order valence-electron chi connectivity index (χ4n) is 0.712. The molecule has 0 radical (unpaired) electrons. The van der Waals surface area contributed by atoms with Crippen molar-refractivity contribution in [3.63, 3.8) is 0 Å². The van der Waals surface area contributed by atoms with Gasteiger partial charge < -0.3 is 11.5 Å². The number of thiocyanates is 1. The lowest BCUT2D eigenvalue weighted by Gasteiger charge is -2.02. The molecule has 0 aliphatic heterocycles. The van der Waals surface area contributed by atoms with Crippen molar-refractivity contribution in [3.05, 3.63) is 17.9 Å². The maximum atomic E-state index is 12.9. The van der Waals surface area contributed by atoms with Gasteiger partial charge in [-0.25, -0.2) is 4.39 Å². The number of nitrogens with zero attached hydrogens (tertiary/aromatic N) is 1. The Morgan fingerprint density at radius 1 is 1.33 bits per heavy atom. The number of halogens is 1. The van der Waals surface area contributed by atoms with E-state index in [1.54, 1.807) is 5.40 Å². The molecule has 4 N–H and O–H groups in total.